The number of methoxy groups -OCH3 is 1. The molecule has 0 saturated carbocycles. The molecule has 2 atom stereocenters. The molecule has 0 N–H and O–H groups in total. The zero-order chi connectivity index (χ0) is 24.6. The van der Waals surface area contributed by atoms with Crippen LogP contribution in [0.1, 0.15) is 30.0 Å². The number of hydrazone groups is 1. The fourth-order valence-corrected chi connectivity index (χ4v) is 6.71. The standard InChI is InChI=1S/C27H29N3O4S/c1-29(23-13-14-35(32,33)18-23)17-27(31)30-26(20-9-11-24(34-2)12-10-20)16-25(28-30)22-8-7-19-5-3-4-6-21(19)15-22/h3-12,15,23,26H,13-14,16-18H2,1-2H3. The van der Waals surface area contributed by atoms with Gasteiger partial charge in [0.05, 0.1) is 36.9 Å². The number of ether oxygens (including phenoxy) is 1. The Morgan fingerprint density at radius 3 is 2.51 bits per heavy atom. The van der Waals surface area contributed by atoms with Crippen molar-refractivity contribution < 1.29 is 17.9 Å². The first-order valence-electron chi connectivity index (χ1n) is 11.8. The van der Waals surface area contributed by atoms with E-state index in [1.807, 2.05) is 48.3 Å². The van der Waals surface area contributed by atoms with E-state index in [4.69, 9.17) is 9.84 Å². The predicted molar refractivity (Wildman–Crippen MR) is 137 cm³/mol. The molecule has 1 fully saturated rings. The molecule has 3 aromatic rings. The van der Waals surface area contributed by atoms with Crippen molar-refractivity contribution in [3.63, 3.8) is 0 Å². The third kappa shape index (κ3) is 4.94. The van der Waals surface area contributed by atoms with Crippen LogP contribution >= 0.6 is 0 Å². The van der Waals surface area contributed by atoms with Crippen LogP contribution in [0.3, 0.4) is 0 Å². The molecule has 2 heterocycles. The topological polar surface area (TPSA) is 79.3 Å². The number of hydrogen-bond acceptors (Lipinski definition) is 6. The van der Waals surface area contributed by atoms with Gasteiger partial charge < -0.3 is 4.74 Å². The Labute approximate surface area is 205 Å². The lowest BCUT2D eigenvalue weighted by Gasteiger charge is -2.27. The second kappa shape index (κ2) is 9.43. The highest BCUT2D eigenvalue weighted by Gasteiger charge is 2.36. The van der Waals surface area contributed by atoms with Crippen LogP contribution in [0.5, 0.6) is 5.75 Å². The molecule has 7 nitrogen and oxygen atoms in total. The number of nitrogens with zero attached hydrogens (tertiary/aromatic N) is 3. The third-order valence-electron chi connectivity index (χ3n) is 6.97. The highest BCUT2D eigenvalue weighted by atomic mass is 32.2. The molecule has 0 spiro atoms. The Balaban J connectivity index is 1.43. The van der Waals surface area contributed by atoms with Gasteiger partial charge in [0.25, 0.3) is 5.91 Å². The first-order valence-corrected chi connectivity index (χ1v) is 13.6. The van der Waals surface area contributed by atoms with Gasteiger partial charge in [0.15, 0.2) is 9.84 Å². The van der Waals surface area contributed by atoms with Crippen molar-refractivity contribution in [1.82, 2.24) is 9.91 Å². The van der Waals surface area contributed by atoms with Gasteiger partial charge in [-0.05, 0) is 53.6 Å². The fourth-order valence-electron chi connectivity index (χ4n) is 4.91. The highest BCUT2D eigenvalue weighted by molar-refractivity contribution is 7.91. The van der Waals surface area contributed by atoms with E-state index in [1.165, 1.54) is 0 Å². The number of hydrogen-bond donors (Lipinski definition) is 0. The predicted octanol–water partition coefficient (Wildman–Crippen LogP) is 3.65. The lowest BCUT2D eigenvalue weighted by atomic mass is 9.97. The number of carbonyl (C=O) groups excluding carboxylic acids is 1. The number of sulfone groups is 1. The summed E-state index contributed by atoms with van der Waals surface area (Å²) in [4.78, 5) is 15.3. The molecule has 2 aliphatic rings. The lowest BCUT2D eigenvalue weighted by Crippen LogP contribution is -2.41. The molecule has 3 aromatic carbocycles. The molecule has 0 aliphatic carbocycles. The van der Waals surface area contributed by atoms with Crippen LogP contribution in [0, 0.1) is 0 Å². The Morgan fingerprint density at radius 1 is 1.09 bits per heavy atom. The van der Waals surface area contributed by atoms with Crippen molar-refractivity contribution in [2.24, 2.45) is 5.10 Å². The normalized spacial score (nSPS) is 21.5. The van der Waals surface area contributed by atoms with Crippen molar-refractivity contribution in [1.29, 1.82) is 0 Å². The van der Waals surface area contributed by atoms with Gasteiger partial charge >= 0.3 is 0 Å². The summed E-state index contributed by atoms with van der Waals surface area (Å²) in [6, 6.07) is 21.7. The number of carbonyl (C=O) groups is 1. The van der Waals surface area contributed by atoms with Crippen molar-refractivity contribution in [3.05, 3.63) is 77.9 Å². The summed E-state index contributed by atoms with van der Waals surface area (Å²) in [6.07, 6.45) is 1.15. The third-order valence-corrected chi connectivity index (χ3v) is 8.72. The van der Waals surface area contributed by atoms with Gasteiger partial charge in [-0.2, -0.15) is 5.10 Å². The quantitative estimate of drug-likeness (QED) is 0.526. The summed E-state index contributed by atoms with van der Waals surface area (Å²) >= 11 is 0. The lowest BCUT2D eigenvalue weighted by molar-refractivity contribution is -0.134. The monoisotopic (exact) mass is 491 g/mol. The SMILES string of the molecule is COc1ccc(C2CC(c3ccc4ccccc4c3)=NN2C(=O)CN(C)C2CCS(=O)(=O)C2)cc1. The van der Waals surface area contributed by atoms with E-state index < -0.39 is 9.84 Å². The maximum absolute atomic E-state index is 13.5. The zero-order valence-corrected chi connectivity index (χ0v) is 20.7. The van der Waals surface area contributed by atoms with E-state index in [2.05, 4.69) is 30.3 Å². The van der Waals surface area contributed by atoms with E-state index >= 15 is 0 Å². The maximum Gasteiger partial charge on any atom is 0.257 e. The van der Waals surface area contributed by atoms with Gasteiger partial charge in [0.1, 0.15) is 5.75 Å². The molecule has 182 valence electrons. The molecular weight excluding hydrogens is 462 g/mol. The van der Waals surface area contributed by atoms with Gasteiger partial charge in [0.2, 0.25) is 0 Å². The second-order valence-electron chi connectivity index (χ2n) is 9.31. The first-order chi connectivity index (χ1) is 16.8. The molecule has 2 aliphatic heterocycles. The molecule has 35 heavy (non-hydrogen) atoms. The van der Waals surface area contributed by atoms with Crippen molar-refractivity contribution in [2.75, 3.05) is 32.2 Å². The number of benzene rings is 3. The summed E-state index contributed by atoms with van der Waals surface area (Å²) in [6.45, 7) is 0.112. The number of likely N-dealkylation sites (N-methyl/N-ethyl adjacent to an activating group) is 1. The minimum atomic E-state index is -3.02. The molecule has 0 radical (unpaired) electrons. The first kappa shape index (κ1) is 23.5. The van der Waals surface area contributed by atoms with Gasteiger partial charge in [0, 0.05) is 12.5 Å². The van der Waals surface area contributed by atoms with Crippen LogP contribution in [0.4, 0.5) is 0 Å². The molecule has 1 amide bonds. The van der Waals surface area contributed by atoms with E-state index in [9.17, 15) is 13.2 Å². The second-order valence-corrected chi connectivity index (χ2v) is 11.5. The van der Waals surface area contributed by atoms with Crippen molar-refractivity contribution in [2.45, 2.75) is 24.9 Å². The van der Waals surface area contributed by atoms with E-state index in [0.717, 1.165) is 33.4 Å². The minimum absolute atomic E-state index is 0.101. The molecule has 1 saturated heterocycles. The maximum atomic E-state index is 13.5. The molecule has 2 unspecified atom stereocenters. The number of amides is 1. The summed E-state index contributed by atoms with van der Waals surface area (Å²) in [7, 11) is 0.416. The molecular formula is C27H29N3O4S. The summed E-state index contributed by atoms with van der Waals surface area (Å²) in [5.74, 6) is 0.888. The Bertz CT molecular complexity index is 1390. The number of fused-ring (bicyclic) bond motifs is 1. The van der Waals surface area contributed by atoms with Crippen LogP contribution in [0.15, 0.2) is 71.8 Å². The van der Waals surface area contributed by atoms with Crippen LogP contribution in [-0.2, 0) is 14.6 Å². The van der Waals surface area contributed by atoms with Gasteiger partial charge in [-0.15, -0.1) is 0 Å². The van der Waals surface area contributed by atoms with Crippen LogP contribution in [0.2, 0.25) is 0 Å². The van der Waals surface area contributed by atoms with E-state index in [-0.39, 0.29) is 36.0 Å². The summed E-state index contributed by atoms with van der Waals surface area (Å²) in [5.41, 5.74) is 2.83. The van der Waals surface area contributed by atoms with Crippen LogP contribution in [-0.4, -0.2) is 68.2 Å². The Hall–Kier alpha value is -3.23. The summed E-state index contributed by atoms with van der Waals surface area (Å²) < 4.78 is 29.1. The average molecular weight is 492 g/mol. The molecule has 0 aromatic heterocycles. The van der Waals surface area contributed by atoms with Gasteiger partial charge in [-0.3, -0.25) is 9.69 Å². The highest BCUT2D eigenvalue weighted by Crippen LogP contribution is 2.34. The molecule has 8 heteroatoms. The van der Waals surface area contributed by atoms with E-state index in [1.54, 1.807) is 12.1 Å². The molecule has 0 bridgehead atoms. The van der Waals surface area contributed by atoms with Crippen LogP contribution in [0.25, 0.3) is 10.8 Å². The van der Waals surface area contributed by atoms with Crippen LogP contribution < -0.4 is 4.74 Å². The largest absolute Gasteiger partial charge is 0.497 e. The smallest absolute Gasteiger partial charge is 0.257 e. The molecule has 5 rings (SSSR count). The van der Waals surface area contributed by atoms with E-state index in [0.29, 0.717) is 12.8 Å². The van der Waals surface area contributed by atoms with Crippen molar-refractivity contribution >= 4 is 32.2 Å². The summed E-state index contributed by atoms with van der Waals surface area (Å²) in [5, 5.41) is 8.65. The Kier molecular flexibility index (Phi) is 6.34. The van der Waals surface area contributed by atoms with Gasteiger partial charge in [-0.1, -0.05) is 48.5 Å². The zero-order valence-electron chi connectivity index (χ0n) is 19.9. The average Bonchev–Trinajstić information content (AvgIpc) is 3.47. The van der Waals surface area contributed by atoms with Crippen molar-refractivity contribution in [3.8, 4) is 5.75 Å². The fraction of sp³-hybridized carbons (Fsp3) is 0.333. The minimum Gasteiger partial charge on any atom is -0.497 e. The Morgan fingerprint density at radius 2 is 1.83 bits per heavy atom. The number of rotatable bonds is 6. The van der Waals surface area contributed by atoms with Gasteiger partial charge in [-0.25, -0.2) is 13.4 Å².